The summed E-state index contributed by atoms with van der Waals surface area (Å²) in [7, 11) is 0. The number of nitrogens with zero attached hydrogens (tertiary/aromatic N) is 2. The molecule has 2 N–H and O–H groups in total. The van der Waals surface area contributed by atoms with Gasteiger partial charge in [0.25, 0.3) is 0 Å². The predicted octanol–water partition coefficient (Wildman–Crippen LogP) is 2.32. The maximum Gasteiger partial charge on any atom is 0.230 e. The zero-order valence-electron chi connectivity index (χ0n) is 15.1. The summed E-state index contributed by atoms with van der Waals surface area (Å²) in [5, 5.41) is 0.637. The number of halogens is 1. The zero-order valence-corrected chi connectivity index (χ0v) is 15.9. The first kappa shape index (κ1) is 19.7. The highest BCUT2D eigenvalue weighted by Crippen LogP contribution is 2.28. The van der Waals surface area contributed by atoms with Crippen molar-refractivity contribution in [3.05, 3.63) is 34.9 Å². The van der Waals surface area contributed by atoms with Gasteiger partial charge in [-0.05, 0) is 30.5 Å². The molecular weight excluding hydrogens is 338 g/mol. The van der Waals surface area contributed by atoms with Crippen molar-refractivity contribution < 1.29 is 9.59 Å². The molecule has 1 saturated heterocycles. The standard InChI is InChI=1S/C19H28ClN3O2/c1-3-19(4-2,14-21)18(25)23-10-8-22(9-11-23)17(24)13-15-6-5-7-16(20)12-15/h5-7,12H,3-4,8-11,13-14,21H2,1-2H3. The van der Waals surface area contributed by atoms with E-state index in [1.165, 1.54) is 0 Å². The topological polar surface area (TPSA) is 66.6 Å². The van der Waals surface area contributed by atoms with Crippen LogP contribution in [0.2, 0.25) is 5.02 Å². The Bertz CT molecular complexity index is 600. The number of nitrogens with two attached hydrogens (primary N) is 1. The Kier molecular flexibility index (Phi) is 6.85. The van der Waals surface area contributed by atoms with Gasteiger partial charge in [0.1, 0.15) is 0 Å². The fourth-order valence-corrected chi connectivity index (χ4v) is 3.57. The third-order valence-corrected chi connectivity index (χ3v) is 5.60. The minimum absolute atomic E-state index is 0.0745. The molecule has 0 spiro atoms. The summed E-state index contributed by atoms with van der Waals surface area (Å²) in [6.07, 6.45) is 1.82. The van der Waals surface area contributed by atoms with Crippen LogP contribution in [0.25, 0.3) is 0 Å². The molecule has 6 heteroatoms. The van der Waals surface area contributed by atoms with E-state index in [2.05, 4.69) is 0 Å². The first-order chi connectivity index (χ1) is 12.0. The molecule has 0 aromatic heterocycles. The Labute approximate surface area is 155 Å². The largest absolute Gasteiger partial charge is 0.339 e. The van der Waals surface area contributed by atoms with Crippen LogP contribution in [0.3, 0.4) is 0 Å². The highest BCUT2D eigenvalue weighted by molar-refractivity contribution is 6.30. The van der Waals surface area contributed by atoms with Crippen LogP contribution in [0, 0.1) is 5.41 Å². The van der Waals surface area contributed by atoms with E-state index in [-0.39, 0.29) is 11.8 Å². The van der Waals surface area contributed by atoms with Gasteiger partial charge in [0.2, 0.25) is 11.8 Å². The third-order valence-electron chi connectivity index (χ3n) is 5.36. The third kappa shape index (κ3) is 4.53. The molecule has 2 amide bonds. The normalized spacial score (nSPS) is 15.4. The number of hydrogen-bond acceptors (Lipinski definition) is 3. The zero-order chi connectivity index (χ0) is 18.4. The van der Waals surface area contributed by atoms with Crippen molar-refractivity contribution in [3.8, 4) is 0 Å². The number of amides is 2. The molecule has 0 unspecified atom stereocenters. The molecule has 1 aromatic rings. The first-order valence-corrected chi connectivity index (χ1v) is 9.35. The fraction of sp³-hybridized carbons (Fsp3) is 0.579. The van der Waals surface area contributed by atoms with Crippen molar-refractivity contribution in [2.24, 2.45) is 11.1 Å². The highest BCUT2D eigenvalue weighted by atomic mass is 35.5. The van der Waals surface area contributed by atoms with Gasteiger partial charge >= 0.3 is 0 Å². The Morgan fingerprint density at radius 2 is 1.72 bits per heavy atom. The van der Waals surface area contributed by atoms with Crippen LogP contribution in [0.1, 0.15) is 32.3 Å². The number of carbonyl (C=O) groups is 2. The summed E-state index contributed by atoms with van der Waals surface area (Å²) < 4.78 is 0. The van der Waals surface area contributed by atoms with Gasteiger partial charge in [-0.1, -0.05) is 37.6 Å². The van der Waals surface area contributed by atoms with Crippen LogP contribution >= 0.6 is 11.6 Å². The van der Waals surface area contributed by atoms with E-state index < -0.39 is 5.41 Å². The van der Waals surface area contributed by atoms with Crippen LogP contribution in [-0.4, -0.2) is 54.3 Å². The van der Waals surface area contributed by atoms with Gasteiger partial charge in [-0.15, -0.1) is 0 Å². The number of carbonyl (C=O) groups excluding carboxylic acids is 2. The Morgan fingerprint density at radius 1 is 1.12 bits per heavy atom. The van der Waals surface area contributed by atoms with E-state index in [0.717, 1.165) is 18.4 Å². The second-order valence-corrected chi connectivity index (χ2v) is 7.11. The molecule has 1 fully saturated rings. The van der Waals surface area contributed by atoms with E-state index in [1.54, 1.807) is 6.07 Å². The quantitative estimate of drug-likeness (QED) is 0.841. The molecule has 0 saturated carbocycles. The van der Waals surface area contributed by atoms with Crippen molar-refractivity contribution >= 4 is 23.4 Å². The highest BCUT2D eigenvalue weighted by Gasteiger charge is 2.38. The monoisotopic (exact) mass is 365 g/mol. The second kappa shape index (κ2) is 8.68. The van der Waals surface area contributed by atoms with E-state index >= 15 is 0 Å². The van der Waals surface area contributed by atoms with Crippen molar-refractivity contribution in [2.75, 3.05) is 32.7 Å². The van der Waals surface area contributed by atoms with Gasteiger partial charge in [0.15, 0.2) is 0 Å². The van der Waals surface area contributed by atoms with E-state index in [0.29, 0.717) is 44.2 Å². The van der Waals surface area contributed by atoms with E-state index in [1.807, 2.05) is 41.8 Å². The molecule has 0 atom stereocenters. The van der Waals surface area contributed by atoms with Crippen molar-refractivity contribution in [2.45, 2.75) is 33.1 Å². The van der Waals surface area contributed by atoms with Gasteiger partial charge in [-0.25, -0.2) is 0 Å². The molecule has 1 aliphatic heterocycles. The van der Waals surface area contributed by atoms with Gasteiger partial charge in [0, 0.05) is 37.7 Å². The molecular formula is C19H28ClN3O2. The predicted molar refractivity (Wildman–Crippen MR) is 100 cm³/mol. The smallest absolute Gasteiger partial charge is 0.230 e. The first-order valence-electron chi connectivity index (χ1n) is 8.97. The summed E-state index contributed by atoms with van der Waals surface area (Å²) in [6.45, 7) is 6.67. The van der Waals surface area contributed by atoms with Gasteiger partial charge < -0.3 is 15.5 Å². The lowest BCUT2D eigenvalue weighted by molar-refractivity contribution is -0.147. The fourth-order valence-electron chi connectivity index (χ4n) is 3.36. The Hall–Kier alpha value is -1.59. The van der Waals surface area contributed by atoms with Gasteiger partial charge in [-0.2, -0.15) is 0 Å². The molecule has 0 radical (unpaired) electrons. The minimum atomic E-state index is -0.465. The van der Waals surface area contributed by atoms with Crippen molar-refractivity contribution in [1.29, 1.82) is 0 Å². The molecule has 5 nitrogen and oxygen atoms in total. The minimum Gasteiger partial charge on any atom is -0.339 e. The molecule has 1 heterocycles. The summed E-state index contributed by atoms with van der Waals surface area (Å²) in [5.41, 5.74) is 6.33. The average Bonchev–Trinajstić information content (AvgIpc) is 2.63. The second-order valence-electron chi connectivity index (χ2n) is 6.67. The lowest BCUT2D eigenvalue weighted by Gasteiger charge is -2.40. The van der Waals surface area contributed by atoms with Crippen LogP contribution in [0.15, 0.2) is 24.3 Å². The molecule has 0 bridgehead atoms. The maximum atomic E-state index is 12.8. The molecule has 25 heavy (non-hydrogen) atoms. The molecule has 1 aliphatic rings. The van der Waals surface area contributed by atoms with Gasteiger partial charge in [-0.3, -0.25) is 9.59 Å². The summed E-state index contributed by atoms with van der Waals surface area (Å²) >= 11 is 5.97. The number of piperazine rings is 1. The summed E-state index contributed by atoms with van der Waals surface area (Å²) in [4.78, 5) is 29.0. The Morgan fingerprint density at radius 3 is 2.24 bits per heavy atom. The van der Waals surface area contributed by atoms with E-state index in [9.17, 15) is 9.59 Å². The van der Waals surface area contributed by atoms with Crippen molar-refractivity contribution in [1.82, 2.24) is 9.80 Å². The molecule has 1 aromatic carbocycles. The van der Waals surface area contributed by atoms with Crippen LogP contribution in [-0.2, 0) is 16.0 Å². The van der Waals surface area contributed by atoms with Crippen LogP contribution in [0.5, 0.6) is 0 Å². The maximum absolute atomic E-state index is 12.8. The van der Waals surface area contributed by atoms with E-state index in [4.69, 9.17) is 17.3 Å². The van der Waals surface area contributed by atoms with Crippen LogP contribution in [0.4, 0.5) is 0 Å². The number of hydrogen-bond donors (Lipinski definition) is 1. The SMILES string of the molecule is CCC(CC)(CN)C(=O)N1CCN(C(=O)Cc2cccc(Cl)c2)CC1. The summed E-state index contributed by atoms with van der Waals surface area (Å²) in [6, 6.07) is 7.37. The van der Waals surface area contributed by atoms with Crippen LogP contribution < -0.4 is 5.73 Å². The number of rotatable bonds is 6. The molecule has 2 rings (SSSR count). The average molecular weight is 366 g/mol. The summed E-state index contributed by atoms with van der Waals surface area (Å²) in [5.74, 6) is 0.201. The van der Waals surface area contributed by atoms with Crippen molar-refractivity contribution in [3.63, 3.8) is 0 Å². The molecule has 0 aliphatic carbocycles. The lowest BCUT2D eigenvalue weighted by atomic mass is 9.81. The Balaban J connectivity index is 1.92. The number of benzene rings is 1. The van der Waals surface area contributed by atoms with Gasteiger partial charge in [0.05, 0.1) is 11.8 Å². The molecule has 138 valence electrons. The lowest BCUT2D eigenvalue weighted by Crippen LogP contribution is -2.55.